The molecule has 1 aliphatic carbocycles. The van der Waals surface area contributed by atoms with Gasteiger partial charge in [0.15, 0.2) is 0 Å². The molecule has 0 bridgehead atoms. The number of benzene rings is 2. The summed E-state index contributed by atoms with van der Waals surface area (Å²) in [5, 5.41) is 8.05. The first-order valence-corrected chi connectivity index (χ1v) is 14.0. The lowest BCUT2D eigenvalue weighted by molar-refractivity contribution is -0.116. The maximum atomic E-state index is 11.8. The number of aromatic nitrogens is 2. The summed E-state index contributed by atoms with van der Waals surface area (Å²) in [4.78, 5) is 21.1. The van der Waals surface area contributed by atoms with Crippen LogP contribution in [-0.4, -0.2) is 65.7 Å². The number of amides is 1. The van der Waals surface area contributed by atoms with Crippen LogP contribution in [0.3, 0.4) is 0 Å². The van der Waals surface area contributed by atoms with Crippen molar-refractivity contribution in [3.8, 4) is 21.8 Å². The molecular formula is C30H34N6OS. The third-order valence-corrected chi connectivity index (χ3v) is 8.80. The zero-order valence-electron chi connectivity index (χ0n) is 22.0. The molecule has 1 saturated heterocycles. The van der Waals surface area contributed by atoms with Gasteiger partial charge in [-0.25, -0.2) is 0 Å². The van der Waals surface area contributed by atoms with E-state index >= 15 is 0 Å². The first-order chi connectivity index (χ1) is 18.4. The number of nitrogens with one attached hydrogen (secondary N) is 1. The fourth-order valence-corrected chi connectivity index (χ4v) is 6.71. The number of hydrogen-bond acceptors (Lipinski definition) is 6. The Balaban J connectivity index is 1.19. The molecule has 2 aromatic carbocycles. The molecule has 2 aromatic heterocycles. The van der Waals surface area contributed by atoms with Gasteiger partial charge in [-0.1, -0.05) is 36.4 Å². The summed E-state index contributed by atoms with van der Waals surface area (Å²) in [6.45, 7) is 8.41. The van der Waals surface area contributed by atoms with Gasteiger partial charge in [-0.3, -0.25) is 14.8 Å². The normalized spacial score (nSPS) is 15.4. The molecule has 1 amide bonds. The van der Waals surface area contributed by atoms with Crippen molar-refractivity contribution in [1.82, 2.24) is 20.0 Å². The Morgan fingerprint density at radius 1 is 1.11 bits per heavy atom. The van der Waals surface area contributed by atoms with Gasteiger partial charge in [0.1, 0.15) is 5.69 Å². The first kappa shape index (κ1) is 24.9. The molecule has 1 fully saturated rings. The Morgan fingerprint density at radius 3 is 2.71 bits per heavy atom. The number of fused-ring (bicyclic) bond motifs is 3. The largest absolute Gasteiger partial charge is 0.368 e. The van der Waals surface area contributed by atoms with E-state index in [9.17, 15) is 4.79 Å². The number of hydrogen-bond donors (Lipinski definition) is 2. The van der Waals surface area contributed by atoms with Crippen LogP contribution in [0.1, 0.15) is 27.1 Å². The van der Waals surface area contributed by atoms with Gasteiger partial charge in [0, 0.05) is 60.8 Å². The standard InChI is InChI=1S/C30H34N6OS/c1-20-5-3-4-6-26(20)36(19-28(31)37)18-23-8-10-27(38-23)30-25-16-22-15-21(7-9-24(22)29(25)32-33-30)17-35-13-11-34(2)12-14-35/h3-10,15H,11-14,16-19H2,1-2H3,(H2,31,37)(H,32,33). The van der Waals surface area contributed by atoms with Gasteiger partial charge in [-0.2, -0.15) is 5.10 Å². The van der Waals surface area contributed by atoms with Crippen molar-refractivity contribution < 1.29 is 4.79 Å². The molecule has 0 atom stereocenters. The summed E-state index contributed by atoms with van der Waals surface area (Å²) in [6.07, 6.45) is 0.900. The maximum Gasteiger partial charge on any atom is 0.236 e. The van der Waals surface area contributed by atoms with E-state index in [2.05, 4.69) is 70.2 Å². The third kappa shape index (κ3) is 4.99. The number of likely N-dealkylation sites (N-methyl/N-ethyl adjacent to an activating group) is 1. The fourth-order valence-electron chi connectivity index (χ4n) is 5.66. The van der Waals surface area contributed by atoms with E-state index in [-0.39, 0.29) is 12.5 Å². The van der Waals surface area contributed by atoms with Gasteiger partial charge in [-0.15, -0.1) is 11.3 Å². The number of piperazine rings is 1. The number of para-hydroxylation sites is 1. The first-order valence-electron chi connectivity index (χ1n) is 13.2. The minimum absolute atomic E-state index is 0.182. The van der Waals surface area contributed by atoms with Crippen molar-refractivity contribution in [3.63, 3.8) is 0 Å². The molecule has 0 radical (unpaired) electrons. The van der Waals surface area contributed by atoms with E-state index in [0.29, 0.717) is 6.54 Å². The molecule has 0 spiro atoms. The van der Waals surface area contributed by atoms with Gasteiger partial charge in [-0.05, 0) is 48.9 Å². The molecule has 196 valence electrons. The number of anilines is 1. The second-order valence-corrected chi connectivity index (χ2v) is 11.7. The lowest BCUT2D eigenvalue weighted by Gasteiger charge is -2.32. The highest BCUT2D eigenvalue weighted by atomic mass is 32.1. The second kappa shape index (κ2) is 10.4. The summed E-state index contributed by atoms with van der Waals surface area (Å²) in [5.41, 5.74) is 15.2. The fraction of sp³-hybridized carbons (Fsp3) is 0.333. The molecule has 6 rings (SSSR count). The number of carbonyl (C=O) groups excluding carboxylic acids is 1. The van der Waals surface area contributed by atoms with Gasteiger partial charge >= 0.3 is 0 Å². The van der Waals surface area contributed by atoms with Crippen LogP contribution in [0.15, 0.2) is 54.6 Å². The van der Waals surface area contributed by atoms with Gasteiger partial charge in [0.2, 0.25) is 5.91 Å². The van der Waals surface area contributed by atoms with E-state index in [1.165, 1.54) is 27.1 Å². The van der Waals surface area contributed by atoms with Crippen molar-refractivity contribution in [2.24, 2.45) is 5.73 Å². The molecule has 3 heterocycles. The van der Waals surface area contributed by atoms with Gasteiger partial charge in [0.25, 0.3) is 0 Å². The molecule has 7 nitrogen and oxygen atoms in total. The smallest absolute Gasteiger partial charge is 0.236 e. The summed E-state index contributed by atoms with van der Waals surface area (Å²) in [5.74, 6) is -0.333. The summed E-state index contributed by atoms with van der Waals surface area (Å²) in [7, 11) is 2.20. The van der Waals surface area contributed by atoms with Crippen LogP contribution < -0.4 is 10.6 Å². The predicted molar refractivity (Wildman–Crippen MR) is 154 cm³/mol. The van der Waals surface area contributed by atoms with Crippen molar-refractivity contribution in [2.45, 2.75) is 26.4 Å². The molecule has 8 heteroatoms. The Bertz CT molecular complexity index is 1470. The van der Waals surface area contributed by atoms with Crippen molar-refractivity contribution in [2.75, 3.05) is 44.7 Å². The van der Waals surface area contributed by atoms with Crippen LogP contribution in [0.4, 0.5) is 5.69 Å². The zero-order valence-corrected chi connectivity index (χ0v) is 22.9. The summed E-state index contributed by atoms with van der Waals surface area (Å²) >= 11 is 1.73. The molecule has 38 heavy (non-hydrogen) atoms. The molecule has 4 aromatic rings. The van der Waals surface area contributed by atoms with Crippen LogP contribution >= 0.6 is 11.3 Å². The molecule has 2 aliphatic rings. The van der Waals surface area contributed by atoms with E-state index in [1.807, 2.05) is 18.2 Å². The highest BCUT2D eigenvalue weighted by Gasteiger charge is 2.26. The summed E-state index contributed by atoms with van der Waals surface area (Å²) in [6, 6.07) is 19.3. The third-order valence-electron chi connectivity index (χ3n) is 7.72. The number of nitrogens with zero attached hydrogens (tertiary/aromatic N) is 4. The van der Waals surface area contributed by atoms with Crippen molar-refractivity contribution >= 4 is 22.9 Å². The van der Waals surface area contributed by atoms with Crippen LogP contribution in [0, 0.1) is 6.92 Å². The van der Waals surface area contributed by atoms with Crippen LogP contribution in [0.25, 0.3) is 21.8 Å². The SMILES string of the molecule is Cc1ccccc1N(CC(N)=O)Cc1ccc(-c2n[nH]c3c2Cc2cc(CN4CCN(C)CC4)ccc2-3)s1. The number of rotatable bonds is 8. The van der Waals surface area contributed by atoms with Gasteiger partial charge in [0.05, 0.1) is 23.7 Å². The topological polar surface area (TPSA) is 81.5 Å². The number of carbonyl (C=O) groups is 1. The Kier molecular flexibility index (Phi) is 6.78. The Morgan fingerprint density at radius 2 is 1.92 bits per heavy atom. The van der Waals surface area contributed by atoms with E-state index in [1.54, 1.807) is 11.3 Å². The Hall–Kier alpha value is -3.46. The average Bonchev–Trinajstić information content (AvgIpc) is 3.60. The number of nitrogens with two attached hydrogens (primary N) is 1. The number of aromatic amines is 1. The van der Waals surface area contributed by atoms with Crippen molar-refractivity contribution in [3.05, 3.63) is 81.7 Å². The average molecular weight is 527 g/mol. The van der Waals surface area contributed by atoms with Gasteiger partial charge < -0.3 is 15.5 Å². The number of primary amides is 1. The lowest BCUT2D eigenvalue weighted by atomic mass is 10.0. The van der Waals surface area contributed by atoms with E-state index in [4.69, 9.17) is 10.8 Å². The maximum absolute atomic E-state index is 11.8. The number of thiophene rings is 1. The molecule has 0 unspecified atom stereocenters. The van der Waals surface area contributed by atoms with Crippen LogP contribution in [-0.2, 0) is 24.3 Å². The number of H-pyrrole nitrogens is 1. The molecule has 1 aliphatic heterocycles. The molecule has 3 N–H and O–H groups in total. The number of aryl methyl sites for hydroxylation is 1. The second-order valence-electron chi connectivity index (χ2n) is 10.5. The monoisotopic (exact) mass is 526 g/mol. The van der Waals surface area contributed by atoms with Crippen LogP contribution in [0.2, 0.25) is 0 Å². The van der Waals surface area contributed by atoms with Crippen LogP contribution in [0.5, 0.6) is 0 Å². The van der Waals surface area contributed by atoms with E-state index in [0.717, 1.165) is 66.7 Å². The predicted octanol–water partition coefficient (Wildman–Crippen LogP) is 4.26. The quantitative estimate of drug-likeness (QED) is 0.316. The Labute approximate surface area is 227 Å². The highest BCUT2D eigenvalue weighted by molar-refractivity contribution is 7.15. The zero-order chi connectivity index (χ0) is 26.2. The summed E-state index contributed by atoms with van der Waals surface area (Å²) < 4.78 is 0. The van der Waals surface area contributed by atoms with E-state index < -0.39 is 0 Å². The molecule has 0 saturated carbocycles. The highest BCUT2D eigenvalue weighted by Crippen LogP contribution is 2.42. The minimum Gasteiger partial charge on any atom is -0.368 e. The molecular weight excluding hydrogens is 492 g/mol. The van der Waals surface area contributed by atoms with Crippen molar-refractivity contribution in [1.29, 1.82) is 0 Å². The lowest BCUT2D eigenvalue weighted by Crippen LogP contribution is -2.43. The minimum atomic E-state index is -0.333.